The molecule has 0 heterocycles. The van der Waals surface area contributed by atoms with Crippen molar-refractivity contribution in [2.75, 3.05) is 10.0 Å². The van der Waals surface area contributed by atoms with E-state index >= 15 is 0 Å². The predicted octanol–water partition coefficient (Wildman–Crippen LogP) is 4.70. The topological polar surface area (TPSA) is 75.3 Å². The van der Waals surface area contributed by atoms with Crippen LogP contribution in [0.5, 0.6) is 0 Å². The number of nitrogens with one attached hydrogen (secondary N) is 2. The van der Waals surface area contributed by atoms with Crippen molar-refractivity contribution in [2.24, 2.45) is 0 Å². The Morgan fingerprint density at radius 1 is 0.889 bits per heavy atom. The van der Waals surface area contributed by atoms with Crippen LogP contribution in [0.3, 0.4) is 0 Å². The Labute approximate surface area is 163 Å². The number of rotatable bonds is 5. The van der Waals surface area contributed by atoms with E-state index in [1.165, 1.54) is 24.3 Å². The van der Waals surface area contributed by atoms with E-state index in [9.17, 15) is 13.2 Å². The summed E-state index contributed by atoms with van der Waals surface area (Å²) in [5, 5.41) is 3.04. The van der Waals surface area contributed by atoms with Crippen LogP contribution in [0.4, 0.5) is 11.4 Å². The van der Waals surface area contributed by atoms with E-state index in [-0.39, 0.29) is 10.8 Å². The van der Waals surface area contributed by atoms with E-state index in [0.717, 1.165) is 5.56 Å². The van der Waals surface area contributed by atoms with Crippen LogP contribution in [0.2, 0.25) is 5.02 Å². The molecule has 0 saturated carbocycles. The fourth-order valence-electron chi connectivity index (χ4n) is 2.48. The molecule has 7 heteroatoms. The van der Waals surface area contributed by atoms with Crippen molar-refractivity contribution >= 4 is 38.9 Å². The number of anilines is 2. The Kier molecular flexibility index (Phi) is 5.48. The number of halogens is 1. The van der Waals surface area contributed by atoms with Gasteiger partial charge in [0.2, 0.25) is 0 Å². The third-order valence-electron chi connectivity index (χ3n) is 3.81. The molecule has 1 amide bonds. The molecule has 0 aliphatic rings. The van der Waals surface area contributed by atoms with Crippen LogP contribution in [0.15, 0.2) is 77.7 Å². The first kappa shape index (κ1) is 18.9. The summed E-state index contributed by atoms with van der Waals surface area (Å²) in [6.45, 7) is 1.88. The third-order valence-corrected chi connectivity index (χ3v) is 5.54. The number of amides is 1. The Balaban J connectivity index is 1.75. The summed E-state index contributed by atoms with van der Waals surface area (Å²) in [5.74, 6) is -0.367. The molecule has 0 radical (unpaired) electrons. The molecule has 3 rings (SSSR count). The van der Waals surface area contributed by atoms with Gasteiger partial charge in [0, 0.05) is 11.4 Å². The molecule has 0 aliphatic heterocycles. The lowest BCUT2D eigenvalue weighted by molar-refractivity contribution is 0.102. The monoisotopic (exact) mass is 400 g/mol. The van der Waals surface area contributed by atoms with Gasteiger partial charge in [0.1, 0.15) is 0 Å². The third kappa shape index (κ3) is 4.67. The van der Waals surface area contributed by atoms with Gasteiger partial charge in [-0.1, -0.05) is 35.9 Å². The van der Waals surface area contributed by atoms with E-state index in [4.69, 9.17) is 11.6 Å². The lowest BCUT2D eigenvalue weighted by Gasteiger charge is -2.10. The zero-order chi connectivity index (χ0) is 19.4. The molecule has 0 unspecified atom stereocenters. The first-order chi connectivity index (χ1) is 12.8. The standard InChI is InChI=1S/C20H17ClN2O3S/c1-14-5-4-6-16(13-14)23-27(25,26)17-11-9-15(10-12-17)22-20(24)18-7-2-3-8-19(18)21/h2-13,23H,1H3,(H,22,24). The molecule has 0 aliphatic carbocycles. The molecule has 0 atom stereocenters. The summed E-state index contributed by atoms with van der Waals surface area (Å²) in [6.07, 6.45) is 0. The van der Waals surface area contributed by atoms with Gasteiger partial charge in [-0.25, -0.2) is 8.42 Å². The average Bonchev–Trinajstić information content (AvgIpc) is 2.62. The summed E-state index contributed by atoms with van der Waals surface area (Å²) >= 11 is 6.01. The van der Waals surface area contributed by atoms with Crippen molar-refractivity contribution in [1.29, 1.82) is 0 Å². The molecular formula is C20H17ClN2O3S. The van der Waals surface area contributed by atoms with E-state index in [2.05, 4.69) is 10.0 Å². The lowest BCUT2D eigenvalue weighted by atomic mass is 10.2. The minimum Gasteiger partial charge on any atom is -0.322 e. The number of benzene rings is 3. The minimum atomic E-state index is -3.72. The molecule has 138 valence electrons. The molecule has 3 aromatic rings. The van der Waals surface area contributed by atoms with Crippen molar-refractivity contribution in [1.82, 2.24) is 0 Å². The van der Waals surface area contributed by atoms with Gasteiger partial charge < -0.3 is 5.32 Å². The highest BCUT2D eigenvalue weighted by atomic mass is 35.5. The van der Waals surface area contributed by atoms with E-state index in [1.807, 2.05) is 13.0 Å². The predicted molar refractivity (Wildman–Crippen MR) is 108 cm³/mol. The molecule has 2 N–H and O–H groups in total. The second-order valence-electron chi connectivity index (χ2n) is 5.93. The van der Waals surface area contributed by atoms with Crippen LogP contribution in [0.25, 0.3) is 0 Å². The maximum Gasteiger partial charge on any atom is 0.261 e. The molecule has 0 aromatic heterocycles. The quantitative estimate of drug-likeness (QED) is 0.651. The van der Waals surface area contributed by atoms with Gasteiger partial charge in [0.15, 0.2) is 0 Å². The van der Waals surface area contributed by atoms with Gasteiger partial charge in [0.25, 0.3) is 15.9 Å². The molecule has 0 fully saturated rings. The number of sulfonamides is 1. The van der Waals surface area contributed by atoms with Crippen molar-refractivity contribution in [3.8, 4) is 0 Å². The second-order valence-corrected chi connectivity index (χ2v) is 8.02. The fourth-order valence-corrected chi connectivity index (χ4v) is 3.75. The summed E-state index contributed by atoms with van der Waals surface area (Å²) in [4.78, 5) is 12.4. The molecule has 27 heavy (non-hydrogen) atoms. The highest BCUT2D eigenvalue weighted by molar-refractivity contribution is 7.92. The van der Waals surface area contributed by atoms with Crippen molar-refractivity contribution < 1.29 is 13.2 Å². The molecule has 0 spiro atoms. The first-order valence-electron chi connectivity index (χ1n) is 8.10. The van der Waals surface area contributed by atoms with Crippen molar-refractivity contribution in [3.05, 3.63) is 88.9 Å². The number of hydrogen-bond donors (Lipinski definition) is 2. The molecular weight excluding hydrogens is 384 g/mol. The Morgan fingerprint density at radius 2 is 1.59 bits per heavy atom. The van der Waals surface area contributed by atoms with Gasteiger partial charge in [-0.05, 0) is 61.0 Å². The SMILES string of the molecule is Cc1cccc(NS(=O)(=O)c2ccc(NC(=O)c3ccccc3Cl)cc2)c1. The Hall–Kier alpha value is -2.83. The van der Waals surface area contributed by atoms with Gasteiger partial charge in [-0.15, -0.1) is 0 Å². The summed E-state index contributed by atoms with van der Waals surface area (Å²) in [6, 6.07) is 19.7. The molecule has 0 saturated heterocycles. The maximum atomic E-state index is 12.5. The van der Waals surface area contributed by atoms with Crippen LogP contribution in [-0.2, 0) is 10.0 Å². The van der Waals surface area contributed by atoms with Gasteiger partial charge in [0.05, 0.1) is 15.5 Å². The van der Waals surface area contributed by atoms with Gasteiger partial charge >= 0.3 is 0 Å². The number of hydrogen-bond acceptors (Lipinski definition) is 3. The van der Waals surface area contributed by atoms with E-state index in [0.29, 0.717) is 22.0 Å². The fraction of sp³-hybridized carbons (Fsp3) is 0.0500. The highest BCUT2D eigenvalue weighted by Crippen LogP contribution is 2.21. The average molecular weight is 401 g/mol. The highest BCUT2D eigenvalue weighted by Gasteiger charge is 2.15. The smallest absolute Gasteiger partial charge is 0.261 e. The van der Waals surface area contributed by atoms with Gasteiger partial charge in [-0.3, -0.25) is 9.52 Å². The zero-order valence-electron chi connectivity index (χ0n) is 14.4. The van der Waals surface area contributed by atoms with Crippen molar-refractivity contribution in [2.45, 2.75) is 11.8 Å². The summed E-state index contributed by atoms with van der Waals surface area (Å²) < 4.78 is 27.5. The first-order valence-corrected chi connectivity index (χ1v) is 9.97. The number of carbonyl (C=O) groups is 1. The van der Waals surface area contributed by atoms with Crippen LogP contribution in [-0.4, -0.2) is 14.3 Å². The molecule has 3 aromatic carbocycles. The normalized spacial score (nSPS) is 11.0. The molecule has 5 nitrogen and oxygen atoms in total. The Bertz CT molecular complexity index is 1080. The van der Waals surface area contributed by atoms with Crippen LogP contribution in [0.1, 0.15) is 15.9 Å². The second kappa shape index (κ2) is 7.82. The summed E-state index contributed by atoms with van der Waals surface area (Å²) in [7, 11) is -3.72. The van der Waals surface area contributed by atoms with Crippen LogP contribution in [0, 0.1) is 6.92 Å². The number of carbonyl (C=O) groups excluding carboxylic acids is 1. The largest absolute Gasteiger partial charge is 0.322 e. The van der Waals surface area contributed by atoms with E-state index < -0.39 is 10.0 Å². The van der Waals surface area contributed by atoms with Crippen LogP contribution < -0.4 is 10.0 Å². The maximum absolute atomic E-state index is 12.5. The number of aryl methyl sites for hydroxylation is 1. The Morgan fingerprint density at radius 3 is 2.26 bits per heavy atom. The zero-order valence-corrected chi connectivity index (χ0v) is 16.0. The van der Waals surface area contributed by atoms with Crippen LogP contribution >= 0.6 is 11.6 Å². The summed E-state index contributed by atoms with van der Waals surface area (Å²) in [5.41, 5.74) is 2.25. The van der Waals surface area contributed by atoms with Gasteiger partial charge in [-0.2, -0.15) is 0 Å². The lowest BCUT2D eigenvalue weighted by Crippen LogP contribution is -2.14. The minimum absolute atomic E-state index is 0.0970. The molecule has 0 bridgehead atoms. The van der Waals surface area contributed by atoms with E-state index in [1.54, 1.807) is 42.5 Å². The van der Waals surface area contributed by atoms with Crippen molar-refractivity contribution in [3.63, 3.8) is 0 Å².